The van der Waals surface area contributed by atoms with Gasteiger partial charge in [-0.05, 0) is 69.2 Å². The molecular weight excluding hydrogens is 569 g/mol. The van der Waals surface area contributed by atoms with Crippen LogP contribution in [0.1, 0.15) is 39.0 Å². The summed E-state index contributed by atoms with van der Waals surface area (Å²) in [6.45, 7) is 5.81. The molecule has 4 fully saturated rings. The number of pyridine rings is 1. The molecule has 3 saturated heterocycles. The first-order valence-electron chi connectivity index (χ1n) is 15.5. The molecule has 4 aliphatic rings. The summed E-state index contributed by atoms with van der Waals surface area (Å²) in [6, 6.07) is 7.42. The zero-order valence-corrected chi connectivity index (χ0v) is 24.6. The van der Waals surface area contributed by atoms with Crippen molar-refractivity contribution in [2.75, 3.05) is 44.2 Å². The van der Waals surface area contributed by atoms with Crippen molar-refractivity contribution in [2.24, 2.45) is 5.41 Å². The lowest BCUT2D eigenvalue weighted by Crippen LogP contribution is -2.60. The zero-order valence-electron chi connectivity index (χ0n) is 24.6. The van der Waals surface area contributed by atoms with Crippen molar-refractivity contribution in [3.63, 3.8) is 0 Å². The Morgan fingerprint density at radius 3 is 2.84 bits per heavy atom. The molecule has 1 saturated carbocycles. The molecule has 8 rings (SSSR count). The summed E-state index contributed by atoms with van der Waals surface area (Å²) in [4.78, 5) is 18.2. The molecule has 44 heavy (non-hydrogen) atoms. The molecule has 8 nitrogen and oxygen atoms in total. The Morgan fingerprint density at radius 1 is 1.14 bits per heavy atom. The van der Waals surface area contributed by atoms with Gasteiger partial charge in [0.15, 0.2) is 5.82 Å². The topological polar surface area (TPSA) is 86.6 Å². The number of phenolic OH excluding ortho intramolecular Hbond substituents is 1. The Morgan fingerprint density at radius 2 is 2.00 bits per heavy atom. The Kier molecular flexibility index (Phi) is 6.43. The second-order valence-corrected chi connectivity index (χ2v) is 13.2. The van der Waals surface area contributed by atoms with Crippen molar-refractivity contribution in [1.82, 2.24) is 25.2 Å². The molecule has 3 aliphatic heterocycles. The highest BCUT2D eigenvalue weighted by Gasteiger charge is 2.49. The molecule has 230 valence electrons. The van der Waals surface area contributed by atoms with E-state index in [1.807, 2.05) is 0 Å². The van der Waals surface area contributed by atoms with E-state index < -0.39 is 17.8 Å². The quantitative estimate of drug-likeness (QED) is 0.315. The van der Waals surface area contributed by atoms with E-state index in [0.29, 0.717) is 42.6 Å². The van der Waals surface area contributed by atoms with Crippen LogP contribution in [0.5, 0.6) is 11.8 Å². The van der Waals surface area contributed by atoms with Gasteiger partial charge in [-0.25, -0.2) is 13.2 Å². The van der Waals surface area contributed by atoms with E-state index >= 15 is 8.78 Å². The summed E-state index contributed by atoms with van der Waals surface area (Å²) in [5.41, 5.74) is -0.347. The standard InChI is InChI=1S/C33H35F3N6O2/c1-19-32(6-3-10-41(19)16-21(34)14-32)18-44-31-39-29-24(30(40-31)42-11-9-38-33(17-42)7-8-33)15-37-28(27(29)36)23-13-22(43)12-20-4-2-5-25(35)26(20)23/h2,4-5,12-13,15,19,21,38,43H,3,6-11,14,16-18H2,1H3/t19?,21-,32?/m1/s1. The van der Waals surface area contributed by atoms with Gasteiger partial charge in [-0.15, -0.1) is 0 Å². The molecule has 5 heterocycles. The Labute approximate surface area is 253 Å². The smallest absolute Gasteiger partial charge is 0.319 e. The molecule has 4 aromatic rings. The molecule has 0 amide bonds. The van der Waals surface area contributed by atoms with E-state index in [0.717, 1.165) is 38.8 Å². The SMILES string of the molecule is CC1N2CCCC1(COc1nc(N3CCNC4(CC4)C3)c3cnc(-c4cc(O)cc5cccc(F)c45)c(F)c3n1)C[C@@H](F)C2. The number of hydrogen-bond donors (Lipinski definition) is 2. The van der Waals surface area contributed by atoms with Crippen LogP contribution in [0.2, 0.25) is 0 Å². The van der Waals surface area contributed by atoms with Crippen LogP contribution >= 0.6 is 0 Å². The summed E-state index contributed by atoms with van der Waals surface area (Å²) >= 11 is 0. The summed E-state index contributed by atoms with van der Waals surface area (Å²) in [5.74, 6) is -0.893. The first-order valence-corrected chi connectivity index (χ1v) is 15.5. The average Bonchev–Trinajstić information content (AvgIpc) is 3.74. The van der Waals surface area contributed by atoms with Crippen LogP contribution in [0.3, 0.4) is 0 Å². The van der Waals surface area contributed by atoms with Crippen LogP contribution in [0, 0.1) is 17.0 Å². The molecule has 0 radical (unpaired) electrons. The Hall–Kier alpha value is -3.70. The number of rotatable bonds is 5. The van der Waals surface area contributed by atoms with Crippen molar-refractivity contribution in [3.05, 3.63) is 48.2 Å². The third-order valence-corrected chi connectivity index (χ3v) is 10.4. The summed E-state index contributed by atoms with van der Waals surface area (Å²) in [7, 11) is 0. The van der Waals surface area contributed by atoms with Gasteiger partial charge in [0.1, 0.15) is 34.8 Å². The third kappa shape index (κ3) is 4.54. The van der Waals surface area contributed by atoms with Gasteiger partial charge in [-0.3, -0.25) is 9.88 Å². The largest absolute Gasteiger partial charge is 0.508 e. The number of halogens is 3. The molecule has 2 aromatic carbocycles. The maximum Gasteiger partial charge on any atom is 0.319 e. The number of aromatic hydroxyl groups is 1. The van der Waals surface area contributed by atoms with Crippen LogP contribution in [0.15, 0.2) is 36.5 Å². The minimum absolute atomic E-state index is 0.00837. The monoisotopic (exact) mass is 604 g/mol. The predicted octanol–water partition coefficient (Wildman–Crippen LogP) is 5.36. The van der Waals surface area contributed by atoms with E-state index in [1.54, 1.807) is 6.07 Å². The molecule has 1 spiro atoms. The lowest BCUT2D eigenvalue weighted by atomic mass is 9.68. The van der Waals surface area contributed by atoms with Gasteiger partial charge in [0.25, 0.3) is 0 Å². The molecule has 1 aliphatic carbocycles. The van der Waals surface area contributed by atoms with Crippen molar-refractivity contribution >= 4 is 27.5 Å². The minimum atomic E-state index is -0.928. The van der Waals surface area contributed by atoms with E-state index in [-0.39, 0.29) is 57.5 Å². The maximum absolute atomic E-state index is 16.6. The summed E-state index contributed by atoms with van der Waals surface area (Å²) in [6.07, 6.45) is 4.93. The zero-order chi connectivity index (χ0) is 30.2. The summed E-state index contributed by atoms with van der Waals surface area (Å²) < 4.78 is 52.9. The number of piperazine rings is 1. The normalized spacial score (nSPS) is 27.6. The van der Waals surface area contributed by atoms with Crippen LogP contribution in [-0.2, 0) is 0 Å². The van der Waals surface area contributed by atoms with Gasteiger partial charge in [0.05, 0.1) is 12.0 Å². The number of nitrogens with zero attached hydrogens (tertiary/aromatic N) is 5. The first kappa shape index (κ1) is 27.8. The fraction of sp³-hybridized carbons (Fsp3) is 0.485. The number of anilines is 1. The van der Waals surface area contributed by atoms with Crippen LogP contribution < -0.4 is 15.0 Å². The average molecular weight is 605 g/mol. The second-order valence-electron chi connectivity index (χ2n) is 13.2. The fourth-order valence-electron chi connectivity index (χ4n) is 7.86. The minimum Gasteiger partial charge on any atom is -0.508 e. The molecule has 2 aromatic heterocycles. The van der Waals surface area contributed by atoms with E-state index in [9.17, 15) is 9.50 Å². The van der Waals surface area contributed by atoms with Crippen LogP contribution in [-0.4, -0.2) is 82.0 Å². The highest BCUT2D eigenvalue weighted by Crippen LogP contribution is 2.45. The number of aromatic nitrogens is 3. The van der Waals surface area contributed by atoms with Crippen LogP contribution in [0.25, 0.3) is 32.9 Å². The van der Waals surface area contributed by atoms with Gasteiger partial charge >= 0.3 is 6.01 Å². The van der Waals surface area contributed by atoms with Gasteiger partial charge < -0.3 is 20.1 Å². The number of nitrogens with one attached hydrogen (secondary N) is 1. The number of benzene rings is 2. The van der Waals surface area contributed by atoms with Gasteiger partial charge in [-0.1, -0.05) is 12.1 Å². The summed E-state index contributed by atoms with van der Waals surface area (Å²) in [5, 5.41) is 15.0. The van der Waals surface area contributed by atoms with Crippen LogP contribution in [0.4, 0.5) is 19.0 Å². The van der Waals surface area contributed by atoms with E-state index in [1.165, 1.54) is 30.5 Å². The van der Waals surface area contributed by atoms with Gasteiger partial charge in [0, 0.05) is 60.3 Å². The predicted molar refractivity (Wildman–Crippen MR) is 162 cm³/mol. The number of piperidine rings is 2. The number of alkyl halides is 1. The Bertz CT molecular complexity index is 1780. The number of phenols is 1. The Balaban J connectivity index is 1.25. The molecular formula is C33H35F3N6O2. The lowest BCUT2D eigenvalue weighted by molar-refractivity contribution is -0.0790. The highest BCUT2D eigenvalue weighted by atomic mass is 19.1. The lowest BCUT2D eigenvalue weighted by Gasteiger charge is -2.53. The third-order valence-electron chi connectivity index (χ3n) is 10.4. The number of hydrogen-bond acceptors (Lipinski definition) is 8. The number of fused-ring (bicyclic) bond motifs is 4. The van der Waals surface area contributed by atoms with Crippen molar-refractivity contribution in [2.45, 2.75) is 56.8 Å². The molecule has 11 heteroatoms. The maximum atomic E-state index is 16.6. The molecule has 4 atom stereocenters. The van der Waals surface area contributed by atoms with Gasteiger partial charge in [0.2, 0.25) is 0 Å². The van der Waals surface area contributed by atoms with E-state index in [4.69, 9.17) is 9.72 Å². The van der Waals surface area contributed by atoms with Gasteiger partial charge in [-0.2, -0.15) is 9.97 Å². The van der Waals surface area contributed by atoms with Crippen molar-refractivity contribution in [3.8, 4) is 23.0 Å². The van der Waals surface area contributed by atoms with Crippen molar-refractivity contribution < 1.29 is 23.0 Å². The van der Waals surface area contributed by atoms with E-state index in [2.05, 4.69) is 32.0 Å². The van der Waals surface area contributed by atoms with Crippen molar-refractivity contribution in [1.29, 1.82) is 0 Å². The molecule has 3 unspecified atom stereocenters. The second kappa shape index (κ2) is 10.2. The first-order chi connectivity index (χ1) is 21.2. The molecule has 2 bridgehead atoms. The molecule has 2 N–H and O–H groups in total. The highest BCUT2D eigenvalue weighted by molar-refractivity contribution is 6.00. The number of ether oxygens (including phenoxy) is 1. The fourth-order valence-corrected chi connectivity index (χ4v) is 7.86.